The number of carbonyl (C=O) groups is 1. The number of alkyl halides is 1. The third-order valence-electron chi connectivity index (χ3n) is 4.73. The van der Waals surface area contributed by atoms with Crippen molar-refractivity contribution < 1.29 is 22.0 Å². The van der Waals surface area contributed by atoms with Crippen molar-refractivity contribution in [2.45, 2.75) is 29.8 Å². The third kappa shape index (κ3) is 4.44. The lowest BCUT2D eigenvalue weighted by Gasteiger charge is -2.18. The van der Waals surface area contributed by atoms with E-state index >= 15 is 0 Å². The number of carbonyl (C=O) groups excluding carboxylic acids is 1. The first-order valence-corrected chi connectivity index (χ1v) is 11.5. The highest BCUT2D eigenvalue weighted by Gasteiger charge is 2.22. The fourth-order valence-electron chi connectivity index (χ4n) is 3.17. The number of aromatic nitrogens is 1. The van der Waals surface area contributed by atoms with Gasteiger partial charge in [0.15, 0.2) is 5.13 Å². The van der Waals surface area contributed by atoms with E-state index in [0.29, 0.717) is 24.1 Å². The Morgan fingerprint density at radius 2 is 1.97 bits per heavy atom. The first-order chi connectivity index (χ1) is 14.4. The SMILES string of the molecule is O=C(Nc1cocc1C1C=C[C@H](F)CC1)c1ccc(S(=O)(=O)Nc2nccs2)cc1. The lowest BCUT2D eigenvalue weighted by atomic mass is 9.89. The molecule has 4 rings (SSSR count). The molecule has 1 unspecified atom stereocenters. The molecule has 3 aromatic rings. The number of anilines is 2. The predicted molar refractivity (Wildman–Crippen MR) is 112 cm³/mol. The quantitative estimate of drug-likeness (QED) is 0.540. The molecule has 2 atom stereocenters. The van der Waals surface area contributed by atoms with Crippen LogP contribution in [0.2, 0.25) is 0 Å². The summed E-state index contributed by atoms with van der Waals surface area (Å²) in [5, 5.41) is 4.70. The van der Waals surface area contributed by atoms with Crippen LogP contribution in [-0.2, 0) is 10.0 Å². The third-order valence-corrected chi connectivity index (χ3v) is 6.90. The number of nitrogens with zero attached hydrogens (tertiary/aromatic N) is 1. The molecular weight excluding hydrogens is 429 g/mol. The van der Waals surface area contributed by atoms with Crippen LogP contribution in [0.3, 0.4) is 0 Å². The van der Waals surface area contributed by atoms with Crippen molar-refractivity contribution >= 4 is 38.1 Å². The molecule has 1 amide bonds. The highest BCUT2D eigenvalue weighted by Crippen LogP contribution is 2.34. The van der Waals surface area contributed by atoms with Crippen LogP contribution in [0.5, 0.6) is 0 Å². The number of rotatable bonds is 6. The molecule has 0 aliphatic heterocycles. The summed E-state index contributed by atoms with van der Waals surface area (Å²) in [7, 11) is -3.79. The van der Waals surface area contributed by atoms with Crippen LogP contribution >= 0.6 is 11.3 Å². The summed E-state index contributed by atoms with van der Waals surface area (Å²) in [6.45, 7) is 0. The summed E-state index contributed by atoms with van der Waals surface area (Å²) in [6, 6.07) is 5.57. The van der Waals surface area contributed by atoms with Crippen molar-refractivity contribution in [3.05, 3.63) is 71.6 Å². The topological polar surface area (TPSA) is 101 Å². The van der Waals surface area contributed by atoms with Crippen molar-refractivity contribution in [2.24, 2.45) is 0 Å². The van der Waals surface area contributed by atoms with Gasteiger partial charge in [-0.3, -0.25) is 9.52 Å². The predicted octanol–water partition coefficient (Wildman–Crippen LogP) is 4.56. The van der Waals surface area contributed by atoms with Crippen molar-refractivity contribution in [3.63, 3.8) is 0 Å². The normalized spacial score (nSPS) is 18.8. The number of furan rings is 1. The van der Waals surface area contributed by atoms with Gasteiger partial charge in [-0.25, -0.2) is 17.8 Å². The Balaban J connectivity index is 1.46. The molecular formula is C20H18FN3O4S2. The second-order valence-electron chi connectivity index (χ2n) is 6.75. The Bertz CT molecular complexity index is 1160. The highest BCUT2D eigenvalue weighted by atomic mass is 32.2. The molecule has 0 radical (unpaired) electrons. The molecule has 0 bridgehead atoms. The Morgan fingerprint density at radius 3 is 2.63 bits per heavy atom. The Hall–Kier alpha value is -2.98. The molecule has 2 aromatic heterocycles. The minimum Gasteiger partial charge on any atom is -0.470 e. The molecule has 0 saturated carbocycles. The highest BCUT2D eigenvalue weighted by molar-refractivity contribution is 7.93. The van der Waals surface area contributed by atoms with Crippen molar-refractivity contribution in [1.82, 2.24) is 4.98 Å². The van der Waals surface area contributed by atoms with E-state index in [2.05, 4.69) is 15.0 Å². The molecule has 2 heterocycles. The van der Waals surface area contributed by atoms with E-state index < -0.39 is 22.1 Å². The van der Waals surface area contributed by atoms with Crippen LogP contribution in [0.1, 0.15) is 34.7 Å². The summed E-state index contributed by atoms with van der Waals surface area (Å²) in [5.41, 5.74) is 1.57. The number of halogens is 1. The van der Waals surface area contributed by atoms with E-state index in [0.717, 1.165) is 5.56 Å². The molecule has 2 N–H and O–H groups in total. The van der Waals surface area contributed by atoms with E-state index in [1.807, 2.05) is 0 Å². The zero-order chi connectivity index (χ0) is 21.1. The smallest absolute Gasteiger partial charge is 0.263 e. The minimum absolute atomic E-state index is 0.0198. The van der Waals surface area contributed by atoms with Crippen molar-refractivity contribution in [2.75, 3.05) is 10.0 Å². The molecule has 30 heavy (non-hydrogen) atoms. The van der Waals surface area contributed by atoms with Crippen LogP contribution in [0.4, 0.5) is 15.2 Å². The number of hydrogen-bond acceptors (Lipinski definition) is 6. The zero-order valence-corrected chi connectivity index (χ0v) is 17.3. The summed E-state index contributed by atoms with van der Waals surface area (Å²) in [4.78, 5) is 16.5. The maximum Gasteiger partial charge on any atom is 0.263 e. The summed E-state index contributed by atoms with van der Waals surface area (Å²) >= 11 is 1.17. The Labute approximate surface area is 176 Å². The lowest BCUT2D eigenvalue weighted by Crippen LogP contribution is -2.15. The van der Waals surface area contributed by atoms with E-state index in [-0.39, 0.29) is 15.9 Å². The van der Waals surface area contributed by atoms with Crippen molar-refractivity contribution in [3.8, 4) is 0 Å². The molecule has 1 aromatic carbocycles. The number of nitrogens with one attached hydrogen (secondary N) is 2. The van der Waals surface area contributed by atoms with Gasteiger partial charge in [0.25, 0.3) is 15.9 Å². The minimum atomic E-state index is -3.79. The molecule has 1 aliphatic carbocycles. The maximum absolute atomic E-state index is 13.3. The van der Waals surface area contributed by atoms with Crippen LogP contribution in [0, 0.1) is 0 Å². The Morgan fingerprint density at radius 1 is 1.17 bits per heavy atom. The second kappa shape index (κ2) is 8.41. The van der Waals surface area contributed by atoms with Crippen LogP contribution in [0.25, 0.3) is 0 Å². The summed E-state index contributed by atoms with van der Waals surface area (Å²) in [6.07, 6.45) is 7.88. The van der Waals surface area contributed by atoms with Gasteiger partial charge < -0.3 is 9.73 Å². The van der Waals surface area contributed by atoms with Crippen molar-refractivity contribution in [1.29, 1.82) is 0 Å². The largest absolute Gasteiger partial charge is 0.470 e. The molecule has 1 aliphatic rings. The van der Waals surface area contributed by atoms with Crippen LogP contribution in [0.15, 0.2) is 69.8 Å². The molecule has 0 spiro atoms. The van der Waals surface area contributed by atoms with Gasteiger partial charge in [-0.2, -0.15) is 0 Å². The molecule has 7 nitrogen and oxygen atoms in total. The van der Waals surface area contributed by atoms with Gasteiger partial charge in [-0.05, 0) is 37.1 Å². The van der Waals surface area contributed by atoms with E-state index in [1.54, 1.807) is 17.7 Å². The van der Waals surface area contributed by atoms with Gasteiger partial charge in [0, 0.05) is 28.6 Å². The number of allylic oxidation sites excluding steroid dienone is 2. The standard InChI is InChI=1S/C20H18FN3O4S2/c21-15-5-1-13(2-6-15)17-11-28-12-18(17)23-19(25)14-3-7-16(8-4-14)30(26,27)24-20-22-9-10-29-20/h1,3-5,7-13,15H,2,6H2,(H,22,24)(H,23,25)/t13?,15-/m0/s1. The first-order valence-electron chi connectivity index (χ1n) is 9.14. The van der Waals surface area contributed by atoms with E-state index in [1.165, 1.54) is 54.1 Å². The molecule has 156 valence electrons. The molecule has 0 fully saturated rings. The number of benzene rings is 1. The number of hydrogen-bond donors (Lipinski definition) is 2. The van der Waals surface area contributed by atoms with Gasteiger partial charge in [0.1, 0.15) is 12.4 Å². The number of sulfonamides is 1. The fourth-order valence-corrected chi connectivity index (χ4v) is 4.96. The number of thiazole rings is 1. The Kier molecular flexibility index (Phi) is 5.69. The van der Waals surface area contributed by atoms with Gasteiger partial charge >= 0.3 is 0 Å². The van der Waals surface area contributed by atoms with Gasteiger partial charge in [0.2, 0.25) is 0 Å². The monoisotopic (exact) mass is 447 g/mol. The molecule has 0 saturated heterocycles. The zero-order valence-electron chi connectivity index (χ0n) is 15.6. The van der Waals surface area contributed by atoms with E-state index in [9.17, 15) is 17.6 Å². The van der Waals surface area contributed by atoms with Gasteiger partial charge in [0.05, 0.1) is 16.8 Å². The van der Waals surface area contributed by atoms with Gasteiger partial charge in [-0.15, -0.1) is 11.3 Å². The molecule has 10 heteroatoms. The average molecular weight is 448 g/mol. The average Bonchev–Trinajstić information content (AvgIpc) is 3.40. The maximum atomic E-state index is 13.3. The lowest BCUT2D eigenvalue weighted by molar-refractivity contribution is 0.102. The van der Waals surface area contributed by atoms with Crippen LogP contribution < -0.4 is 10.0 Å². The first kappa shape index (κ1) is 20.3. The fraction of sp³-hybridized carbons (Fsp3) is 0.200. The van der Waals surface area contributed by atoms with Gasteiger partial charge in [-0.1, -0.05) is 12.2 Å². The van der Waals surface area contributed by atoms with E-state index in [4.69, 9.17) is 4.42 Å². The second-order valence-corrected chi connectivity index (χ2v) is 9.32. The summed E-state index contributed by atoms with van der Waals surface area (Å²) in [5.74, 6) is -0.437. The number of amides is 1. The van der Waals surface area contributed by atoms with Crippen LogP contribution in [-0.4, -0.2) is 25.5 Å². The summed E-state index contributed by atoms with van der Waals surface area (Å²) < 4.78 is 45.7.